The van der Waals surface area contributed by atoms with Crippen molar-refractivity contribution in [1.82, 2.24) is 9.71 Å². The van der Waals surface area contributed by atoms with Crippen LogP contribution in [-0.4, -0.2) is 25.1 Å². The molecule has 5 aromatic carbocycles. The number of aromatic nitrogens is 1. The van der Waals surface area contributed by atoms with Crippen LogP contribution in [0.2, 0.25) is 0 Å². The summed E-state index contributed by atoms with van der Waals surface area (Å²) in [5.41, 5.74) is 0.177. The van der Waals surface area contributed by atoms with Crippen molar-refractivity contribution in [1.29, 1.82) is 0 Å². The molecule has 10 heteroatoms. The lowest BCUT2D eigenvalue weighted by atomic mass is 9.85. The first kappa shape index (κ1) is 29.4. The molecule has 3 N–H and O–H groups in total. The van der Waals surface area contributed by atoms with Crippen molar-refractivity contribution in [2.45, 2.75) is 17.2 Å². The predicted octanol–water partition coefficient (Wildman–Crippen LogP) is 7.11. The summed E-state index contributed by atoms with van der Waals surface area (Å²) >= 11 is 0. The molecule has 0 bridgehead atoms. The van der Waals surface area contributed by atoms with E-state index < -0.39 is 39.0 Å². The quantitative estimate of drug-likeness (QED) is 0.154. The molecule has 7 rings (SSSR count). The summed E-state index contributed by atoms with van der Waals surface area (Å²) in [5, 5.41) is 14.0. The van der Waals surface area contributed by atoms with Crippen molar-refractivity contribution in [3.8, 4) is 5.75 Å². The SMILES string of the molecule is O=c1oc2ccccc2c(O)c1C(c1cc(F)ccc1F)c1[nH]c2ccccc2c1CCNS(=O)(=O)c1ccc2ccccc2c1. The fourth-order valence-electron chi connectivity index (χ4n) is 6.06. The van der Waals surface area contributed by atoms with Gasteiger partial charge in [0.1, 0.15) is 23.0 Å². The van der Waals surface area contributed by atoms with Crippen LogP contribution in [0.25, 0.3) is 32.6 Å². The van der Waals surface area contributed by atoms with Crippen LogP contribution in [0, 0.1) is 11.6 Å². The first-order valence-corrected chi connectivity index (χ1v) is 16.0. The van der Waals surface area contributed by atoms with Crippen LogP contribution >= 0.6 is 0 Å². The van der Waals surface area contributed by atoms with Gasteiger partial charge in [0, 0.05) is 28.7 Å². The number of sulfonamides is 1. The molecular formula is C36H26F2N2O5S. The molecule has 2 heterocycles. The molecule has 0 aliphatic carbocycles. The molecule has 2 aromatic heterocycles. The van der Waals surface area contributed by atoms with E-state index in [9.17, 15) is 22.7 Å². The number of aromatic amines is 1. The highest BCUT2D eigenvalue weighted by Gasteiger charge is 2.32. The number of nitrogens with one attached hydrogen (secondary N) is 2. The van der Waals surface area contributed by atoms with Gasteiger partial charge in [0.15, 0.2) is 0 Å². The number of halogens is 2. The van der Waals surface area contributed by atoms with E-state index in [1.165, 1.54) is 12.1 Å². The van der Waals surface area contributed by atoms with E-state index in [-0.39, 0.29) is 45.7 Å². The van der Waals surface area contributed by atoms with Gasteiger partial charge in [-0.2, -0.15) is 0 Å². The zero-order valence-corrected chi connectivity index (χ0v) is 24.9. The lowest BCUT2D eigenvalue weighted by molar-refractivity contribution is 0.453. The lowest BCUT2D eigenvalue weighted by Gasteiger charge is -2.20. The van der Waals surface area contributed by atoms with Crippen molar-refractivity contribution < 1.29 is 26.7 Å². The van der Waals surface area contributed by atoms with Gasteiger partial charge in [-0.25, -0.2) is 26.7 Å². The monoisotopic (exact) mass is 636 g/mol. The van der Waals surface area contributed by atoms with Crippen LogP contribution in [0.3, 0.4) is 0 Å². The molecular weight excluding hydrogens is 610 g/mol. The Hall–Kier alpha value is -5.32. The lowest BCUT2D eigenvalue weighted by Crippen LogP contribution is -2.26. The van der Waals surface area contributed by atoms with Gasteiger partial charge >= 0.3 is 5.63 Å². The molecule has 1 unspecified atom stereocenters. The summed E-state index contributed by atoms with van der Waals surface area (Å²) in [6.07, 6.45) is 0.110. The third kappa shape index (κ3) is 5.21. The van der Waals surface area contributed by atoms with Gasteiger partial charge in [0.2, 0.25) is 10.0 Å². The smallest absolute Gasteiger partial charge is 0.344 e. The van der Waals surface area contributed by atoms with Crippen molar-refractivity contribution >= 4 is 42.7 Å². The Balaban J connectivity index is 1.35. The molecule has 230 valence electrons. The molecule has 0 amide bonds. The third-order valence-corrected chi connectivity index (χ3v) is 9.67. The van der Waals surface area contributed by atoms with Gasteiger partial charge in [-0.15, -0.1) is 0 Å². The molecule has 0 aliphatic heterocycles. The largest absolute Gasteiger partial charge is 0.507 e. The maximum absolute atomic E-state index is 15.6. The van der Waals surface area contributed by atoms with E-state index >= 15 is 4.39 Å². The number of hydrogen-bond acceptors (Lipinski definition) is 5. The van der Waals surface area contributed by atoms with Crippen molar-refractivity contribution in [2.75, 3.05) is 6.54 Å². The highest BCUT2D eigenvalue weighted by atomic mass is 32.2. The van der Waals surface area contributed by atoms with Gasteiger partial charge < -0.3 is 14.5 Å². The Morgan fingerprint density at radius 2 is 1.54 bits per heavy atom. The van der Waals surface area contributed by atoms with E-state index in [1.807, 2.05) is 30.3 Å². The van der Waals surface area contributed by atoms with Gasteiger partial charge in [-0.1, -0.05) is 60.7 Å². The zero-order chi connectivity index (χ0) is 32.0. The van der Waals surface area contributed by atoms with E-state index in [0.29, 0.717) is 16.5 Å². The summed E-state index contributed by atoms with van der Waals surface area (Å²) in [6, 6.07) is 28.7. The summed E-state index contributed by atoms with van der Waals surface area (Å²) in [6.45, 7) is -0.0549. The Kier molecular flexibility index (Phi) is 7.38. The summed E-state index contributed by atoms with van der Waals surface area (Å²) in [4.78, 5) is 16.9. The van der Waals surface area contributed by atoms with Crippen LogP contribution in [0.5, 0.6) is 5.75 Å². The highest BCUT2D eigenvalue weighted by Crippen LogP contribution is 2.42. The third-order valence-electron chi connectivity index (χ3n) is 8.21. The summed E-state index contributed by atoms with van der Waals surface area (Å²) < 4.78 is 65.1. The molecule has 0 spiro atoms. The normalized spacial score (nSPS) is 12.7. The van der Waals surface area contributed by atoms with Gasteiger partial charge in [-0.05, 0) is 71.3 Å². The van der Waals surface area contributed by atoms with Crippen LogP contribution < -0.4 is 10.3 Å². The Labute approximate surface area is 261 Å². The van der Waals surface area contributed by atoms with Crippen LogP contribution in [0.4, 0.5) is 8.78 Å². The highest BCUT2D eigenvalue weighted by molar-refractivity contribution is 7.89. The molecule has 0 saturated carbocycles. The van der Waals surface area contributed by atoms with E-state index in [4.69, 9.17) is 4.42 Å². The fraction of sp³-hybridized carbons (Fsp3) is 0.0833. The Morgan fingerprint density at radius 3 is 2.37 bits per heavy atom. The number of rotatable bonds is 8. The number of benzene rings is 5. The molecule has 7 aromatic rings. The zero-order valence-electron chi connectivity index (χ0n) is 24.1. The second-order valence-corrected chi connectivity index (χ2v) is 12.7. The van der Waals surface area contributed by atoms with Gasteiger partial charge in [0.25, 0.3) is 0 Å². The summed E-state index contributed by atoms with van der Waals surface area (Å²) in [7, 11) is -3.92. The maximum Gasteiger partial charge on any atom is 0.344 e. The maximum atomic E-state index is 15.6. The molecule has 0 aliphatic rings. The average molecular weight is 637 g/mol. The van der Waals surface area contributed by atoms with E-state index in [1.54, 1.807) is 48.5 Å². The number of para-hydroxylation sites is 2. The Morgan fingerprint density at radius 1 is 0.826 bits per heavy atom. The predicted molar refractivity (Wildman–Crippen MR) is 173 cm³/mol. The fourth-order valence-corrected chi connectivity index (χ4v) is 7.13. The molecule has 0 fully saturated rings. The van der Waals surface area contributed by atoms with E-state index in [2.05, 4.69) is 9.71 Å². The number of aromatic hydroxyl groups is 1. The first-order valence-electron chi connectivity index (χ1n) is 14.5. The molecule has 0 saturated heterocycles. The molecule has 46 heavy (non-hydrogen) atoms. The van der Waals surface area contributed by atoms with Gasteiger partial charge in [0.05, 0.1) is 21.8 Å². The van der Waals surface area contributed by atoms with Crippen molar-refractivity contribution in [2.24, 2.45) is 0 Å². The topological polar surface area (TPSA) is 112 Å². The molecule has 0 radical (unpaired) electrons. The number of H-pyrrole nitrogens is 1. The van der Waals surface area contributed by atoms with E-state index in [0.717, 1.165) is 29.0 Å². The molecule has 7 nitrogen and oxygen atoms in total. The number of fused-ring (bicyclic) bond motifs is 3. The minimum atomic E-state index is -3.92. The van der Waals surface area contributed by atoms with Crippen molar-refractivity contribution in [3.05, 3.63) is 154 Å². The van der Waals surface area contributed by atoms with Gasteiger partial charge in [-0.3, -0.25) is 0 Å². The second-order valence-electron chi connectivity index (χ2n) is 11.0. The molecule has 1 atom stereocenters. The standard InChI is InChI=1S/C36H26F2N2O5S/c37-23-14-16-29(38)28(20-23)32(33-35(41)27-10-4-6-12-31(27)45-36(33)42)34-26(25-9-3-5-11-30(25)40-34)17-18-39-46(43,44)24-15-13-21-7-1-2-8-22(21)19-24/h1-16,19-20,32,39-41H,17-18H2. The van der Waals surface area contributed by atoms with Crippen LogP contribution in [-0.2, 0) is 16.4 Å². The number of hydrogen-bond donors (Lipinski definition) is 3. The summed E-state index contributed by atoms with van der Waals surface area (Å²) in [5.74, 6) is -3.31. The minimum Gasteiger partial charge on any atom is -0.507 e. The van der Waals surface area contributed by atoms with Crippen molar-refractivity contribution in [3.63, 3.8) is 0 Å². The second kappa shape index (κ2) is 11.6. The average Bonchev–Trinajstić information content (AvgIpc) is 3.42. The minimum absolute atomic E-state index is 0.0549. The Bertz CT molecular complexity index is 2450. The first-order chi connectivity index (χ1) is 22.2. The van der Waals surface area contributed by atoms with Crippen LogP contribution in [0.15, 0.2) is 123 Å². The van der Waals surface area contributed by atoms with Crippen LogP contribution in [0.1, 0.15) is 28.3 Å².